The molecule has 1 aliphatic heterocycles. The van der Waals surface area contributed by atoms with Crippen molar-refractivity contribution in [1.82, 2.24) is 4.90 Å². The molecule has 1 heterocycles. The fraction of sp³-hybridized carbons (Fsp3) is 0.909. The van der Waals surface area contributed by atoms with Crippen molar-refractivity contribution in [3.63, 3.8) is 0 Å². The highest BCUT2D eigenvalue weighted by Gasteiger charge is 2.36. The van der Waals surface area contributed by atoms with Gasteiger partial charge in [-0.2, -0.15) is 0 Å². The van der Waals surface area contributed by atoms with Crippen LogP contribution in [0.2, 0.25) is 0 Å². The molecule has 2 aliphatic rings. The molecule has 0 amide bonds. The molecule has 13 heavy (non-hydrogen) atoms. The van der Waals surface area contributed by atoms with Crippen LogP contribution < -0.4 is 0 Å². The average molecular weight is 180 g/mol. The molecule has 1 aliphatic carbocycles. The number of amidine groups is 1. The Morgan fingerprint density at radius 2 is 2.23 bits per heavy atom. The van der Waals surface area contributed by atoms with Gasteiger partial charge in [-0.3, -0.25) is 5.41 Å². The molecule has 1 saturated carbocycles. The van der Waals surface area contributed by atoms with Crippen molar-refractivity contribution in [2.24, 2.45) is 5.41 Å². The van der Waals surface area contributed by atoms with Gasteiger partial charge in [0.1, 0.15) is 0 Å². The molecule has 2 fully saturated rings. The quantitative estimate of drug-likeness (QED) is 0.660. The van der Waals surface area contributed by atoms with Gasteiger partial charge in [-0.25, -0.2) is 0 Å². The van der Waals surface area contributed by atoms with Gasteiger partial charge in [0, 0.05) is 19.0 Å². The van der Waals surface area contributed by atoms with E-state index in [0.29, 0.717) is 11.5 Å². The van der Waals surface area contributed by atoms with Crippen molar-refractivity contribution in [1.29, 1.82) is 5.41 Å². The Labute approximate surface area is 80.8 Å². The zero-order valence-corrected chi connectivity index (χ0v) is 8.77. The Bertz CT molecular complexity index is 220. The minimum Gasteiger partial charge on any atom is -0.358 e. The van der Waals surface area contributed by atoms with Crippen molar-refractivity contribution >= 4 is 5.84 Å². The second-order valence-electron chi connectivity index (χ2n) is 5.30. The maximum absolute atomic E-state index is 7.83. The van der Waals surface area contributed by atoms with E-state index in [0.717, 1.165) is 18.8 Å². The van der Waals surface area contributed by atoms with Crippen LogP contribution in [-0.4, -0.2) is 23.3 Å². The predicted molar refractivity (Wildman–Crippen MR) is 55.1 cm³/mol. The van der Waals surface area contributed by atoms with Crippen LogP contribution in [0, 0.1) is 10.8 Å². The average Bonchev–Trinajstić information content (AvgIpc) is 2.56. The summed E-state index contributed by atoms with van der Waals surface area (Å²) in [5, 5.41) is 7.83. The van der Waals surface area contributed by atoms with E-state index in [1.807, 2.05) is 0 Å². The van der Waals surface area contributed by atoms with Crippen LogP contribution >= 0.6 is 0 Å². The third-order valence-electron chi connectivity index (χ3n) is 3.54. The van der Waals surface area contributed by atoms with Crippen molar-refractivity contribution in [3.05, 3.63) is 0 Å². The van der Waals surface area contributed by atoms with Crippen molar-refractivity contribution in [3.8, 4) is 0 Å². The second kappa shape index (κ2) is 3.00. The number of hydrogen-bond acceptors (Lipinski definition) is 1. The van der Waals surface area contributed by atoms with Gasteiger partial charge in [-0.15, -0.1) is 0 Å². The van der Waals surface area contributed by atoms with E-state index in [-0.39, 0.29) is 0 Å². The predicted octanol–water partition coefficient (Wildman–Crippen LogP) is 2.64. The summed E-state index contributed by atoms with van der Waals surface area (Å²) in [5.74, 6) is 0.891. The largest absolute Gasteiger partial charge is 0.358 e. The number of nitrogens with one attached hydrogen (secondary N) is 1. The van der Waals surface area contributed by atoms with E-state index in [1.54, 1.807) is 0 Å². The normalized spacial score (nSPS) is 32.9. The zero-order valence-electron chi connectivity index (χ0n) is 8.77. The van der Waals surface area contributed by atoms with Gasteiger partial charge in [0.2, 0.25) is 0 Å². The molecule has 1 atom stereocenters. The lowest BCUT2D eigenvalue weighted by molar-refractivity contribution is 0.298. The van der Waals surface area contributed by atoms with E-state index in [2.05, 4.69) is 18.7 Å². The molecular formula is C11H20N2. The molecule has 1 unspecified atom stereocenters. The van der Waals surface area contributed by atoms with Gasteiger partial charge in [-0.05, 0) is 31.1 Å². The number of likely N-dealkylation sites (tertiary alicyclic amines) is 1. The molecule has 2 rings (SSSR count). The molecule has 1 saturated heterocycles. The first-order valence-corrected chi connectivity index (χ1v) is 5.43. The molecule has 0 aromatic heterocycles. The van der Waals surface area contributed by atoms with Crippen molar-refractivity contribution < 1.29 is 0 Å². The van der Waals surface area contributed by atoms with Gasteiger partial charge in [0.15, 0.2) is 0 Å². The number of rotatable bonds is 1. The molecule has 74 valence electrons. The van der Waals surface area contributed by atoms with E-state index < -0.39 is 0 Å². The Balaban J connectivity index is 1.99. The highest BCUT2D eigenvalue weighted by atomic mass is 15.2. The standard InChI is InChI=1S/C11H20N2/c1-11(2)6-5-9(8-11)13-7-3-4-10(13)12/h9,12H,3-8H2,1-2H3. The summed E-state index contributed by atoms with van der Waals surface area (Å²) in [6.45, 7) is 5.85. The first kappa shape index (κ1) is 9.04. The fourth-order valence-corrected chi connectivity index (χ4v) is 2.76. The minimum atomic E-state index is 0.521. The van der Waals surface area contributed by atoms with Gasteiger partial charge in [0.25, 0.3) is 0 Å². The lowest BCUT2D eigenvalue weighted by Crippen LogP contribution is -2.34. The van der Waals surface area contributed by atoms with E-state index >= 15 is 0 Å². The Hall–Kier alpha value is -0.530. The summed E-state index contributed by atoms with van der Waals surface area (Å²) in [5.41, 5.74) is 0.521. The maximum atomic E-state index is 7.83. The third kappa shape index (κ3) is 1.72. The van der Waals surface area contributed by atoms with Crippen molar-refractivity contribution in [2.75, 3.05) is 6.54 Å². The zero-order chi connectivity index (χ0) is 9.47. The highest BCUT2D eigenvalue weighted by molar-refractivity contribution is 5.81. The fourth-order valence-electron chi connectivity index (χ4n) is 2.76. The molecule has 2 heteroatoms. The van der Waals surface area contributed by atoms with Crippen LogP contribution in [0.3, 0.4) is 0 Å². The highest BCUT2D eigenvalue weighted by Crippen LogP contribution is 2.40. The summed E-state index contributed by atoms with van der Waals surface area (Å²) in [7, 11) is 0. The summed E-state index contributed by atoms with van der Waals surface area (Å²) >= 11 is 0. The smallest absolute Gasteiger partial charge is 0.0960 e. The van der Waals surface area contributed by atoms with Crippen LogP contribution in [0.25, 0.3) is 0 Å². The first-order chi connectivity index (χ1) is 6.08. The first-order valence-electron chi connectivity index (χ1n) is 5.43. The summed E-state index contributed by atoms with van der Waals surface area (Å²) in [6, 6.07) is 0.685. The monoisotopic (exact) mass is 180 g/mol. The molecule has 0 radical (unpaired) electrons. The Kier molecular flexibility index (Phi) is 2.09. The van der Waals surface area contributed by atoms with Gasteiger partial charge in [0.05, 0.1) is 5.84 Å². The summed E-state index contributed by atoms with van der Waals surface area (Å²) < 4.78 is 0. The molecule has 2 nitrogen and oxygen atoms in total. The van der Waals surface area contributed by atoms with E-state index in [1.165, 1.54) is 25.7 Å². The Morgan fingerprint density at radius 3 is 2.69 bits per heavy atom. The van der Waals surface area contributed by atoms with Crippen LogP contribution in [0.4, 0.5) is 0 Å². The number of hydrogen-bond donors (Lipinski definition) is 1. The minimum absolute atomic E-state index is 0.521. The van der Waals surface area contributed by atoms with Crippen LogP contribution in [0.1, 0.15) is 46.0 Å². The Morgan fingerprint density at radius 1 is 1.46 bits per heavy atom. The van der Waals surface area contributed by atoms with Gasteiger partial charge >= 0.3 is 0 Å². The summed E-state index contributed by atoms with van der Waals surface area (Å²) in [4.78, 5) is 2.34. The van der Waals surface area contributed by atoms with E-state index in [9.17, 15) is 0 Å². The molecular weight excluding hydrogens is 160 g/mol. The third-order valence-corrected chi connectivity index (χ3v) is 3.54. The molecule has 0 aromatic carbocycles. The second-order valence-corrected chi connectivity index (χ2v) is 5.30. The van der Waals surface area contributed by atoms with E-state index in [4.69, 9.17) is 5.41 Å². The topological polar surface area (TPSA) is 27.1 Å². The van der Waals surface area contributed by atoms with Crippen LogP contribution in [0.15, 0.2) is 0 Å². The molecule has 0 bridgehead atoms. The van der Waals surface area contributed by atoms with Crippen LogP contribution in [0.5, 0.6) is 0 Å². The molecule has 0 spiro atoms. The lowest BCUT2D eigenvalue weighted by atomic mass is 9.91. The van der Waals surface area contributed by atoms with Gasteiger partial charge < -0.3 is 4.90 Å². The maximum Gasteiger partial charge on any atom is 0.0960 e. The summed E-state index contributed by atoms with van der Waals surface area (Å²) in [6.07, 6.45) is 6.14. The van der Waals surface area contributed by atoms with Crippen molar-refractivity contribution in [2.45, 2.75) is 52.0 Å². The molecule has 0 aromatic rings. The van der Waals surface area contributed by atoms with Gasteiger partial charge in [-0.1, -0.05) is 13.8 Å². The van der Waals surface area contributed by atoms with Crippen LogP contribution in [-0.2, 0) is 0 Å². The molecule has 1 N–H and O–H groups in total. The number of nitrogens with zero attached hydrogens (tertiary/aromatic N) is 1. The lowest BCUT2D eigenvalue weighted by Gasteiger charge is -2.27. The SMILES string of the molecule is CC1(C)CCC(N2CCCC2=N)C1.